The molecule has 0 atom stereocenters. The van der Waals surface area contributed by atoms with Crippen LogP contribution in [-0.4, -0.2) is 24.2 Å². The van der Waals surface area contributed by atoms with Crippen molar-refractivity contribution in [2.24, 2.45) is 0 Å². The van der Waals surface area contributed by atoms with Gasteiger partial charge in [-0.3, -0.25) is 9.69 Å². The van der Waals surface area contributed by atoms with Gasteiger partial charge in [0.2, 0.25) is 0 Å². The second-order valence-electron chi connectivity index (χ2n) is 7.45. The van der Waals surface area contributed by atoms with E-state index in [9.17, 15) is 4.79 Å². The molecule has 0 unspecified atom stereocenters. The van der Waals surface area contributed by atoms with Gasteiger partial charge in [0, 0.05) is 0 Å². The molecule has 2 aromatic rings. The van der Waals surface area contributed by atoms with Crippen LogP contribution in [0.25, 0.3) is 6.08 Å². The summed E-state index contributed by atoms with van der Waals surface area (Å²) >= 11 is 5.40. The maximum absolute atomic E-state index is 13.0. The standard InChI is InChI=1S/C23H26N2O3S/c1-14(2)17-7-9-18(10-8-17)25-22(26)19(24-23(25)29)12-16-6-11-20(28-15(3)4)21(13-16)27-5/h6-15H,1-5H3,(H,24,29)/b19-12-. The molecule has 1 aliphatic heterocycles. The Morgan fingerprint density at radius 2 is 1.72 bits per heavy atom. The molecule has 1 heterocycles. The van der Waals surface area contributed by atoms with Gasteiger partial charge in [0.15, 0.2) is 16.6 Å². The van der Waals surface area contributed by atoms with Crippen LogP contribution in [0, 0.1) is 0 Å². The third-order valence-corrected chi connectivity index (χ3v) is 4.84. The van der Waals surface area contributed by atoms with Gasteiger partial charge in [-0.25, -0.2) is 0 Å². The third-order valence-electron chi connectivity index (χ3n) is 4.56. The summed E-state index contributed by atoms with van der Waals surface area (Å²) in [4.78, 5) is 14.5. The van der Waals surface area contributed by atoms with E-state index in [2.05, 4.69) is 19.2 Å². The number of nitrogens with zero attached hydrogens (tertiary/aromatic N) is 1. The largest absolute Gasteiger partial charge is 0.493 e. The Balaban J connectivity index is 1.86. The predicted molar refractivity (Wildman–Crippen MR) is 120 cm³/mol. The molecule has 5 nitrogen and oxygen atoms in total. The monoisotopic (exact) mass is 410 g/mol. The van der Waals surface area contributed by atoms with Crippen LogP contribution < -0.4 is 19.7 Å². The number of hydrogen-bond donors (Lipinski definition) is 1. The summed E-state index contributed by atoms with van der Waals surface area (Å²) < 4.78 is 11.2. The molecule has 3 rings (SSSR count). The zero-order valence-corrected chi connectivity index (χ0v) is 18.2. The summed E-state index contributed by atoms with van der Waals surface area (Å²) in [7, 11) is 1.59. The normalized spacial score (nSPS) is 15.4. The Morgan fingerprint density at radius 1 is 1.03 bits per heavy atom. The third kappa shape index (κ3) is 4.59. The minimum Gasteiger partial charge on any atom is -0.493 e. The number of carbonyl (C=O) groups is 1. The molecule has 6 heteroatoms. The van der Waals surface area contributed by atoms with Crippen molar-refractivity contribution in [3.05, 3.63) is 59.3 Å². The lowest BCUT2D eigenvalue weighted by Crippen LogP contribution is -2.30. The quantitative estimate of drug-likeness (QED) is 0.544. The number of hydrogen-bond acceptors (Lipinski definition) is 4. The van der Waals surface area contributed by atoms with E-state index in [0.717, 1.165) is 11.3 Å². The van der Waals surface area contributed by atoms with E-state index in [1.807, 2.05) is 56.3 Å². The molecular weight excluding hydrogens is 384 g/mol. The van der Waals surface area contributed by atoms with E-state index in [4.69, 9.17) is 21.7 Å². The molecular formula is C23H26N2O3S. The van der Waals surface area contributed by atoms with Gasteiger partial charge >= 0.3 is 0 Å². The number of benzene rings is 2. The van der Waals surface area contributed by atoms with Crippen molar-refractivity contribution in [1.29, 1.82) is 0 Å². The highest BCUT2D eigenvalue weighted by Gasteiger charge is 2.32. The van der Waals surface area contributed by atoms with E-state index < -0.39 is 0 Å². The summed E-state index contributed by atoms with van der Waals surface area (Å²) in [5.74, 6) is 1.52. The van der Waals surface area contributed by atoms with E-state index >= 15 is 0 Å². The maximum atomic E-state index is 13.0. The van der Waals surface area contributed by atoms with E-state index in [0.29, 0.717) is 28.2 Å². The molecule has 0 saturated carbocycles. The highest BCUT2D eigenvalue weighted by molar-refractivity contribution is 7.80. The highest BCUT2D eigenvalue weighted by atomic mass is 32.1. The van der Waals surface area contributed by atoms with Crippen LogP contribution in [0.15, 0.2) is 48.2 Å². The Hall–Kier alpha value is -2.86. The van der Waals surface area contributed by atoms with Crippen molar-refractivity contribution >= 4 is 35.0 Å². The van der Waals surface area contributed by atoms with Gasteiger partial charge in [-0.1, -0.05) is 32.0 Å². The van der Waals surface area contributed by atoms with Crippen LogP contribution >= 0.6 is 12.2 Å². The highest BCUT2D eigenvalue weighted by Crippen LogP contribution is 2.31. The number of ether oxygens (including phenoxy) is 2. The number of carbonyl (C=O) groups excluding carboxylic acids is 1. The molecule has 0 radical (unpaired) electrons. The SMILES string of the molecule is COc1cc(/C=C2\NC(=S)N(c3ccc(C(C)C)cc3)C2=O)ccc1OC(C)C. The predicted octanol–water partition coefficient (Wildman–Crippen LogP) is 4.87. The maximum Gasteiger partial charge on any atom is 0.281 e. The molecule has 152 valence electrons. The molecule has 0 aliphatic carbocycles. The number of rotatable bonds is 6. The zero-order chi connectivity index (χ0) is 21.1. The molecule has 2 aromatic carbocycles. The molecule has 1 N–H and O–H groups in total. The van der Waals surface area contributed by atoms with Crippen molar-refractivity contribution in [3.8, 4) is 11.5 Å². The van der Waals surface area contributed by atoms with Crippen LogP contribution in [0.2, 0.25) is 0 Å². The first kappa shape index (κ1) is 20.9. The van der Waals surface area contributed by atoms with Gasteiger partial charge in [0.25, 0.3) is 5.91 Å². The summed E-state index contributed by atoms with van der Waals surface area (Å²) in [6.07, 6.45) is 1.80. The number of nitrogens with one attached hydrogen (secondary N) is 1. The van der Waals surface area contributed by atoms with Gasteiger partial charge < -0.3 is 14.8 Å². The summed E-state index contributed by atoms with van der Waals surface area (Å²) in [5.41, 5.74) is 3.19. The summed E-state index contributed by atoms with van der Waals surface area (Å²) in [5, 5.41) is 3.39. The Bertz CT molecular complexity index is 949. The molecule has 0 spiro atoms. The Kier molecular flexibility index (Phi) is 6.23. The molecule has 1 saturated heterocycles. The second-order valence-corrected chi connectivity index (χ2v) is 7.84. The molecule has 1 fully saturated rings. The minimum atomic E-state index is -0.186. The number of anilines is 1. The Labute approximate surface area is 177 Å². The van der Waals surface area contributed by atoms with Gasteiger partial charge in [-0.2, -0.15) is 0 Å². The van der Waals surface area contributed by atoms with Gasteiger partial charge in [-0.05, 0) is 73.5 Å². The van der Waals surface area contributed by atoms with Gasteiger partial charge in [0.05, 0.1) is 18.9 Å². The number of methoxy groups -OCH3 is 1. The average molecular weight is 411 g/mol. The van der Waals surface area contributed by atoms with Crippen molar-refractivity contribution in [1.82, 2.24) is 5.32 Å². The first-order chi connectivity index (χ1) is 13.8. The van der Waals surface area contributed by atoms with Crippen LogP contribution in [-0.2, 0) is 4.79 Å². The van der Waals surface area contributed by atoms with E-state index in [-0.39, 0.29) is 12.0 Å². The molecule has 29 heavy (non-hydrogen) atoms. The Morgan fingerprint density at radius 3 is 2.31 bits per heavy atom. The topological polar surface area (TPSA) is 50.8 Å². The molecule has 1 aliphatic rings. The summed E-state index contributed by atoms with van der Waals surface area (Å²) in [6.45, 7) is 8.18. The van der Waals surface area contributed by atoms with Crippen molar-refractivity contribution < 1.29 is 14.3 Å². The van der Waals surface area contributed by atoms with Crippen LogP contribution in [0.5, 0.6) is 11.5 Å². The number of amides is 1. The lowest BCUT2D eigenvalue weighted by molar-refractivity contribution is -0.113. The fourth-order valence-electron chi connectivity index (χ4n) is 3.07. The smallest absolute Gasteiger partial charge is 0.281 e. The summed E-state index contributed by atoms with van der Waals surface area (Å²) in [6, 6.07) is 13.4. The van der Waals surface area contributed by atoms with Crippen molar-refractivity contribution in [3.63, 3.8) is 0 Å². The zero-order valence-electron chi connectivity index (χ0n) is 17.4. The molecule has 0 aromatic heterocycles. The van der Waals surface area contributed by atoms with Gasteiger partial charge in [0.1, 0.15) is 5.70 Å². The first-order valence-electron chi connectivity index (χ1n) is 9.62. The molecule has 0 bridgehead atoms. The lowest BCUT2D eigenvalue weighted by atomic mass is 10.0. The fourth-order valence-corrected chi connectivity index (χ4v) is 3.37. The second kappa shape index (κ2) is 8.66. The van der Waals surface area contributed by atoms with Crippen LogP contribution in [0.3, 0.4) is 0 Å². The van der Waals surface area contributed by atoms with E-state index in [1.165, 1.54) is 10.5 Å². The van der Waals surface area contributed by atoms with Gasteiger partial charge in [-0.15, -0.1) is 0 Å². The fraction of sp³-hybridized carbons (Fsp3) is 0.304. The van der Waals surface area contributed by atoms with Crippen LogP contribution in [0.1, 0.15) is 44.7 Å². The van der Waals surface area contributed by atoms with Crippen molar-refractivity contribution in [2.75, 3.05) is 12.0 Å². The molecule has 1 amide bonds. The minimum absolute atomic E-state index is 0.0409. The number of thiocarbonyl (C=S) groups is 1. The lowest BCUT2D eigenvalue weighted by Gasteiger charge is -2.15. The van der Waals surface area contributed by atoms with Crippen LogP contribution in [0.4, 0.5) is 5.69 Å². The average Bonchev–Trinajstić information content (AvgIpc) is 2.95. The van der Waals surface area contributed by atoms with E-state index in [1.54, 1.807) is 13.2 Å². The van der Waals surface area contributed by atoms with Crippen molar-refractivity contribution in [2.45, 2.75) is 39.7 Å². The first-order valence-corrected chi connectivity index (χ1v) is 10.0.